The molecule has 0 aliphatic heterocycles. The van der Waals surface area contributed by atoms with E-state index in [-0.39, 0.29) is 23.3 Å². The van der Waals surface area contributed by atoms with Crippen molar-refractivity contribution in [1.82, 2.24) is 9.80 Å². The molecule has 1 aliphatic carbocycles. The van der Waals surface area contributed by atoms with Crippen LogP contribution < -0.4 is 5.73 Å². The number of likely N-dealkylation sites (N-methyl/N-ethyl adjacent to an activating group) is 2. The predicted octanol–water partition coefficient (Wildman–Crippen LogP) is 0.380. The molecule has 1 rings (SSSR count). The number of amides is 2. The molecule has 0 heterocycles. The normalized spacial score (nSPS) is 17.3. The van der Waals surface area contributed by atoms with Gasteiger partial charge in [-0.3, -0.25) is 9.59 Å². The summed E-state index contributed by atoms with van der Waals surface area (Å²) in [5.74, 6) is -0.232. The Morgan fingerprint density at radius 2 is 1.72 bits per heavy atom. The largest absolute Gasteiger partial charge is 0.392 e. The lowest BCUT2D eigenvalue weighted by molar-refractivity contribution is -0.142. The summed E-state index contributed by atoms with van der Waals surface area (Å²) in [6.07, 6.45) is 3.31. The molecule has 5 nitrogen and oxygen atoms in total. The van der Waals surface area contributed by atoms with Crippen LogP contribution in [-0.4, -0.2) is 54.3 Å². The fourth-order valence-corrected chi connectivity index (χ4v) is 2.62. The molecule has 2 amide bonds. The zero-order chi connectivity index (χ0) is 13.9. The molecule has 102 valence electrons. The fourth-order valence-electron chi connectivity index (χ4n) is 2.33. The van der Waals surface area contributed by atoms with Crippen LogP contribution in [0.15, 0.2) is 0 Å². The van der Waals surface area contributed by atoms with Gasteiger partial charge in [0, 0.05) is 21.1 Å². The molecule has 0 aromatic heterocycles. The molecule has 0 unspecified atom stereocenters. The van der Waals surface area contributed by atoms with Gasteiger partial charge in [-0.25, -0.2) is 0 Å². The number of carbonyl (C=O) groups is 2. The van der Waals surface area contributed by atoms with Crippen molar-refractivity contribution in [3.05, 3.63) is 0 Å². The molecule has 1 fully saturated rings. The lowest BCUT2D eigenvalue weighted by Crippen LogP contribution is -2.50. The van der Waals surface area contributed by atoms with Gasteiger partial charge in [0.05, 0.1) is 16.9 Å². The zero-order valence-corrected chi connectivity index (χ0v) is 12.0. The summed E-state index contributed by atoms with van der Waals surface area (Å²) < 4.78 is 0. The van der Waals surface area contributed by atoms with Crippen molar-refractivity contribution in [2.75, 3.05) is 27.7 Å². The van der Waals surface area contributed by atoms with Gasteiger partial charge in [-0.1, -0.05) is 25.1 Å². The highest BCUT2D eigenvalue weighted by Crippen LogP contribution is 2.39. The molecule has 0 saturated heterocycles. The average molecular weight is 271 g/mol. The second kappa shape index (κ2) is 5.65. The Bertz CT molecular complexity index is 362. The van der Waals surface area contributed by atoms with Gasteiger partial charge < -0.3 is 15.5 Å². The molecule has 0 spiro atoms. The Morgan fingerprint density at radius 1 is 1.22 bits per heavy atom. The number of carbonyl (C=O) groups excluding carboxylic acids is 2. The molecule has 0 aromatic rings. The molecule has 18 heavy (non-hydrogen) atoms. The van der Waals surface area contributed by atoms with E-state index in [4.69, 9.17) is 18.0 Å². The van der Waals surface area contributed by atoms with Crippen LogP contribution in [0.2, 0.25) is 0 Å². The summed E-state index contributed by atoms with van der Waals surface area (Å²) in [6.45, 7) is 0.0657. The number of rotatable bonds is 4. The number of hydrogen-bond donors (Lipinski definition) is 1. The lowest BCUT2D eigenvalue weighted by atomic mass is 9.84. The van der Waals surface area contributed by atoms with Crippen LogP contribution in [0.3, 0.4) is 0 Å². The minimum absolute atomic E-state index is 0.0657. The Kier molecular flexibility index (Phi) is 4.67. The minimum Gasteiger partial charge on any atom is -0.392 e. The molecule has 0 aromatic carbocycles. The van der Waals surface area contributed by atoms with E-state index >= 15 is 0 Å². The van der Waals surface area contributed by atoms with E-state index in [0.717, 1.165) is 12.8 Å². The van der Waals surface area contributed by atoms with Gasteiger partial charge in [-0.05, 0) is 12.8 Å². The van der Waals surface area contributed by atoms with Gasteiger partial charge in [0.15, 0.2) is 0 Å². The molecule has 0 atom stereocenters. The van der Waals surface area contributed by atoms with E-state index in [1.807, 2.05) is 0 Å². The maximum atomic E-state index is 12.5. The van der Waals surface area contributed by atoms with Crippen LogP contribution in [-0.2, 0) is 9.59 Å². The highest BCUT2D eigenvalue weighted by atomic mass is 32.1. The topological polar surface area (TPSA) is 66.6 Å². The molecule has 0 radical (unpaired) electrons. The van der Waals surface area contributed by atoms with Crippen LogP contribution in [0.1, 0.15) is 25.7 Å². The van der Waals surface area contributed by atoms with Crippen LogP contribution >= 0.6 is 12.2 Å². The van der Waals surface area contributed by atoms with Gasteiger partial charge in [0.2, 0.25) is 11.8 Å². The van der Waals surface area contributed by atoms with E-state index in [1.165, 1.54) is 9.80 Å². The molecular formula is C12H21N3O2S. The van der Waals surface area contributed by atoms with Crippen molar-refractivity contribution < 1.29 is 9.59 Å². The number of nitrogens with zero attached hydrogens (tertiary/aromatic N) is 2. The summed E-state index contributed by atoms with van der Waals surface area (Å²) in [6, 6.07) is 0. The van der Waals surface area contributed by atoms with Crippen LogP contribution in [0, 0.1) is 5.41 Å². The van der Waals surface area contributed by atoms with Crippen molar-refractivity contribution >= 4 is 29.0 Å². The zero-order valence-electron chi connectivity index (χ0n) is 11.2. The summed E-state index contributed by atoms with van der Waals surface area (Å²) in [5.41, 5.74) is 5.03. The van der Waals surface area contributed by atoms with E-state index in [9.17, 15) is 9.59 Å². The van der Waals surface area contributed by atoms with Crippen molar-refractivity contribution in [3.63, 3.8) is 0 Å². The Labute approximate surface area is 113 Å². The number of nitrogens with two attached hydrogens (primary N) is 1. The first-order valence-corrected chi connectivity index (χ1v) is 6.48. The van der Waals surface area contributed by atoms with Crippen molar-refractivity contribution in [2.45, 2.75) is 25.7 Å². The minimum atomic E-state index is -0.726. The Balaban J connectivity index is 2.78. The molecule has 6 heteroatoms. The van der Waals surface area contributed by atoms with Crippen molar-refractivity contribution in [1.29, 1.82) is 0 Å². The first-order chi connectivity index (χ1) is 8.31. The van der Waals surface area contributed by atoms with Crippen LogP contribution in [0.5, 0.6) is 0 Å². The summed E-state index contributed by atoms with van der Waals surface area (Å²) >= 11 is 5.06. The van der Waals surface area contributed by atoms with Gasteiger partial charge in [-0.15, -0.1) is 0 Å². The maximum absolute atomic E-state index is 12.5. The average Bonchev–Trinajstić information content (AvgIpc) is 2.77. The summed E-state index contributed by atoms with van der Waals surface area (Å²) in [5, 5.41) is 0. The highest BCUT2D eigenvalue weighted by molar-refractivity contribution is 7.80. The van der Waals surface area contributed by atoms with Crippen molar-refractivity contribution in [3.8, 4) is 0 Å². The second-order valence-electron chi connectivity index (χ2n) is 5.10. The van der Waals surface area contributed by atoms with E-state index in [0.29, 0.717) is 12.8 Å². The third-order valence-corrected chi connectivity index (χ3v) is 3.95. The second-order valence-corrected chi connectivity index (χ2v) is 5.54. The van der Waals surface area contributed by atoms with Crippen LogP contribution in [0.25, 0.3) is 0 Å². The monoisotopic (exact) mass is 271 g/mol. The van der Waals surface area contributed by atoms with E-state index in [2.05, 4.69) is 0 Å². The third-order valence-electron chi connectivity index (χ3n) is 3.56. The Hall–Kier alpha value is -1.17. The molecule has 2 N–H and O–H groups in total. The standard InChI is InChI=1S/C12H21N3O2S/c1-14(2)9(16)8-15(3)11(17)12(10(13)18)6-4-5-7-12/h4-8H2,1-3H3,(H2,13,18). The van der Waals surface area contributed by atoms with Gasteiger partial charge >= 0.3 is 0 Å². The fraction of sp³-hybridized carbons (Fsp3) is 0.750. The van der Waals surface area contributed by atoms with Gasteiger partial charge in [0.1, 0.15) is 0 Å². The number of hydrogen-bond acceptors (Lipinski definition) is 3. The maximum Gasteiger partial charge on any atom is 0.241 e. The summed E-state index contributed by atoms with van der Waals surface area (Å²) in [7, 11) is 4.96. The highest BCUT2D eigenvalue weighted by Gasteiger charge is 2.45. The summed E-state index contributed by atoms with van der Waals surface area (Å²) in [4.78, 5) is 27.2. The molecule has 1 saturated carbocycles. The van der Waals surface area contributed by atoms with Gasteiger partial charge in [0.25, 0.3) is 0 Å². The van der Waals surface area contributed by atoms with E-state index in [1.54, 1.807) is 21.1 Å². The van der Waals surface area contributed by atoms with Crippen LogP contribution in [0.4, 0.5) is 0 Å². The van der Waals surface area contributed by atoms with E-state index < -0.39 is 5.41 Å². The SMILES string of the molecule is CN(C)C(=O)CN(C)C(=O)C1(C(N)=S)CCCC1. The predicted molar refractivity (Wildman–Crippen MR) is 74.0 cm³/mol. The molecule has 0 bridgehead atoms. The Morgan fingerprint density at radius 3 is 2.11 bits per heavy atom. The van der Waals surface area contributed by atoms with Crippen molar-refractivity contribution in [2.24, 2.45) is 11.1 Å². The first kappa shape index (κ1) is 14.9. The smallest absolute Gasteiger partial charge is 0.241 e. The first-order valence-electron chi connectivity index (χ1n) is 6.07. The quantitative estimate of drug-likeness (QED) is 0.751. The molecule has 1 aliphatic rings. The van der Waals surface area contributed by atoms with Gasteiger partial charge in [-0.2, -0.15) is 0 Å². The lowest BCUT2D eigenvalue weighted by Gasteiger charge is -2.31. The molecular weight excluding hydrogens is 250 g/mol. The number of thiocarbonyl (C=S) groups is 1. The third kappa shape index (κ3) is 2.80.